The molecule has 2 rings (SSSR count). The third kappa shape index (κ3) is 2.57. The van der Waals surface area contributed by atoms with Gasteiger partial charge in [0.25, 0.3) is 0 Å². The number of nitrogens with two attached hydrogens (primary N) is 1. The van der Waals surface area contributed by atoms with Crippen LogP contribution in [0.3, 0.4) is 0 Å². The summed E-state index contributed by atoms with van der Waals surface area (Å²) < 4.78 is 4.97. The number of aliphatic hydroxyl groups is 1. The van der Waals surface area contributed by atoms with Crippen LogP contribution in [0.5, 0.6) is 0 Å². The Morgan fingerprint density at radius 1 is 1.41 bits per heavy atom. The summed E-state index contributed by atoms with van der Waals surface area (Å²) >= 11 is 0. The Bertz CT molecular complexity index is 391. The minimum absolute atomic E-state index is 0.145. The lowest BCUT2D eigenvalue weighted by atomic mass is 10.1. The molecule has 1 aliphatic rings. The van der Waals surface area contributed by atoms with Gasteiger partial charge in [-0.3, -0.25) is 4.90 Å². The summed E-state index contributed by atoms with van der Waals surface area (Å²) in [6, 6.07) is 7.63. The molecule has 5 nitrogen and oxygen atoms in total. The van der Waals surface area contributed by atoms with Crippen LogP contribution in [-0.4, -0.2) is 37.0 Å². The summed E-state index contributed by atoms with van der Waals surface area (Å²) in [7, 11) is 0. The van der Waals surface area contributed by atoms with Gasteiger partial charge in [-0.2, -0.15) is 0 Å². The Balaban J connectivity index is 2.09. The van der Waals surface area contributed by atoms with Crippen molar-refractivity contribution in [3.63, 3.8) is 0 Å². The smallest absolute Gasteiger partial charge is 0.414 e. The van der Waals surface area contributed by atoms with Crippen molar-refractivity contribution in [1.29, 1.82) is 0 Å². The Morgan fingerprint density at radius 3 is 2.65 bits per heavy atom. The zero-order valence-corrected chi connectivity index (χ0v) is 9.50. The van der Waals surface area contributed by atoms with E-state index >= 15 is 0 Å². The van der Waals surface area contributed by atoms with E-state index in [1.54, 1.807) is 0 Å². The van der Waals surface area contributed by atoms with Gasteiger partial charge >= 0.3 is 6.09 Å². The summed E-state index contributed by atoms with van der Waals surface area (Å²) in [6.07, 6.45) is -0.00822. The van der Waals surface area contributed by atoms with Crippen molar-refractivity contribution in [2.75, 3.05) is 24.6 Å². The molecule has 0 saturated carbocycles. The highest BCUT2D eigenvalue weighted by molar-refractivity contribution is 5.89. The molecule has 0 aliphatic carbocycles. The molecule has 1 heterocycles. The maximum absolute atomic E-state index is 11.5. The molecule has 1 aromatic carbocycles. The lowest BCUT2D eigenvalue weighted by Gasteiger charge is -2.13. The van der Waals surface area contributed by atoms with Crippen LogP contribution in [0.1, 0.15) is 5.56 Å². The number of ether oxygens (including phenoxy) is 1. The number of carbonyl (C=O) groups excluding carboxylic acids is 1. The highest BCUT2D eigenvalue weighted by Gasteiger charge is 2.31. The van der Waals surface area contributed by atoms with Crippen LogP contribution in [0.2, 0.25) is 0 Å². The molecule has 1 saturated heterocycles. The first kappa shape index (κ1) is 11.9. The van der Waals surface area contributed by atoms with Crippen LogP contribution in [0.4, 0.5) is 10.5 Å². The molecular formula is C12H16N2O3. The fraction of sp³-hybridized carbons (Fsp3) is 0.417. The molecule has 0 unspecified atom stereocenters. The largest absolute Gasteiger partial charge is 0.441 e. The molecule has 0 bridgehead atoms. The summed E-state index contributed by atoms with van der Waals surface area (Å²) in [5.41, 5.74) is 7.39. The minimum atomic E-state index is -0.425. The maximum atomic E-state index is 11.5. The summed E-state index contributed by atoms with van der Waals surface area (Å²) in [5.74, 6) is 0. The summed E-state index contributed by atoms with van der Waals surface area (Å²) in [6.45, 7) is 0.858. The highest BCUT2D eigenvalue weighted by atomic mass is 16.6. The maximum Gasteiger partial charge on any atom is 0.414 e. The molecule has 0 spiro atoms. The predicted octanol–water partition coefficient (Wildman–Crippen LogP) is 0.505. The first-order valence-electron chi connectivity index (χ1n) is 5.62. The number of cyclic esters (lactones) is 1. The molecule has 0 aromatic heterocycles. The first-order chi connectivity index (χ1) is 8.24. The van der Waals surface area contributed by atoms with Crippen molar-refractivity contribution < 1.29 is 14.6 Å². The number of nitrogens with zero attached hydrogens (tertiary/aromatic N) is 1. The lowest BCUT2D eigenvalue weighted by molar-refractivity contribution is 0.0963. The number of anilines is 1. The van der Waals surface area contributed by atoms with E-state index < -0.39 is 12.2 Å². The van der Waals surface area contributed by atoms with Gasteiger partial charge in [0, 0.05) is 5.69 Å². The van der Waals surface area contributed by atoms with Crippen LogP contribution >= 0.6 is 0 Å². The molecule has 1 aliphatic heterocycles. The van der Waals surface area contributed by atoms with E-state index in [1.165, 1.54) is 4.90 Å². The van der Waals surface area contributed by atoms with E-state index in [1.807, 2.05) is 24.3 Å². The molecule has 1 amide bonds. The van der Waals surface area contributed by atoms with Gasteiger partial charge in [0.2, 0.25) is 0 Å². The Kier molecular flexibility index (Phi) is 3.61. The average molecular weight is 236 g/mol. The van der Waals surface area contributed by atoms with Crippen LogP contribution in [-0.2, 0) is 11.2 Å². The molecule has 92 valence electrons. The van der Waals surface area contributed by atoms with Crippen molar-refractivity contribution in [1.82, 2.24) is 0 Å². The second-order valence-electron chi connectivity index (χ2n) is 4.00. The number of benzene rings is 1. The van der Waals surface area contributed by atoms with E-state index in [-0.39, 0.29) is 6.61 Å². The Morgan fingerprint density at radius 2 is 2.12 bits per heavy atom. The van der Waals surface area contributed by atoms with Gasteiger partial charge in [0.1, 0.15) is 6.10 Å². The van der Waals surface area contributed by atoms with E-state index in [9.17, 15) is 4.79 Å². The minimum Gasteiger partial charge on any atom is -0.441 e. The Hall–Kier alpha value is -1.59. The molecule has 1 fully saturated rings. The van der Waals surface area contributed by atoms with Gasteiger partial charge in [-0.15, -0.1) is 0 Å². The van der Waals surface area contributed by atoms with E-state index in [0.717, 1.165) is 17.7 Å². The van der Waals surface area contributed by atoms with Gasteiger partial charge in [0.15, 0.2) is 0 Å². The van der Waals surface area contributed by atoms with E-state index in [2.05, 4.69) is 0 Å². The SMILES string of the molecule is NCCc1ccc(N2C[C@H](CO)OC2=O)cc1. The van der Waals surface area contributed by atoms with Crippen LogP contribution < -0.4 is 10.6 Å². The Labute approximate surface area is 99.8 Å². The van der Waals surface area contributed by atoms with Crippen LogP contribution in [0, 0.1) is 0 Å². The second-order valence-corrected chi connectivity index (χ2v) is 4.00. The lowest BCUT2D eigenvalue weighted by Crippen LogP contribution is -2.25. The molecule has 5 heteroatoms. The monoisotopic (exact) mass is 236 g/mol. The molecule has 1 atom stereocenters. The molecule has 1 aromatic rings. The van der Waals surface area contributed by atoms with E-state index in [0.29, 0.717) is 13.1 Å². The third-order valence-electron chi connectivity index (χ3n) is 2.76. The number of amides is 1. The molecule has 3 N–H and O–H groups in total. The summed E-state index contributed by atoms with van der Waals surface area (Å²) in [5, 5.41) is 8.94. The summed E-state index contributed by atoms with van der Waals surface area (Å²) in [4.78, 5) is 13.0. The van der Waals surface area contributed by atoms with E-state index in [4.69, 9.17) is 15.6 Å². The van der Waals surface area contributed by atoms with Crippen molar-refractivity contribution in [2.45, 2.75) is 12.5 Å². The molecule has 17 heavy (non-hydrogen) atoms. The highest BCUT2D eigenvalue weighted by Crippen LogP contribution is 2.21. The van der Waals surface area contributed by atoms with Crippen molar-refractivity contribution in [3.8, 4) is 0 Å². The zero-order chi connectivity index (χ0) is 12.3. The third-order valence-corrected chi connectivity index (χ3v) is 2.76. The number of hydrogen-bond acceptors (Lipinski definition) is 4. The van der Waals surface area contributed by atoms with Gasteiger partial charge in [-0.25, -0.2) is 4.79 Å². The number of carbonyl (C=O) groups is 1. The zero-order valence-electron chi connectivity index (χ0n) is 9.50. The second kappa shape index (κ2) is 5.16. The average Bonchev–Trinajstić information content (AvgIpc) is 2.72. The van der Waals surface area contributed by atoms with Gasteiger partial charge in [-0.1, -0.05) is 12.1 Å². The van der Waals surface area contributed by atoms with Crippen molar-refractivity contribution >= 4 is 11.8 Å². The topological polar surface area (TPSA) is 75.8 Å². The van der Waals surface area contributed by atoms with Gasteiger partial charge < -0.3 is 15.6 Å². The molecule has 0 radical (unpaired) electrons. The number of rotatable bonds is 4. The van der Waals surface area contributed by atoms with Crippen LogP contribution in [0.15, 0.2) is 24.3 Å². The first-order valence-corrected chi connectivity index (χ1v) is 5.62. The van der Waals surface area contributed by atoms with Crippen LogP contribution in [0.25, 0.3) is 0 Å². The quantitative estimate of drug-likeness (QED) is 0.798. The number of hydrogen-bond donors (Lipinski definition) is 2. The number of aliphatic hydroxyl groups excluding tert-OH is 1. The standard InChI is InChI=1S/C12H16N2O3/c13-6-5-9-1-3-10(4-2-9)14-7-11(8-15)17-12(14)16/h1-4,11,15H,5-8,13H2/t11-/m1/s1. The fourth-order valence-electron chi connectivity index (χ4n) is 1.84. The van der Waals surface area contributed by atoms with Gasteiger partial charge in [-0.05, 0) is 30.7 Å². The predicted molar refractivity (Wildman–Crippen MR) is 63.9 cm³/mol. The fourth-order valence-corrected chi connectivity index (χ4v) is 1.84. The van der Waals surface area contributed by atoms with Crippen molar-refractivity contribution in [2.24, 2.45) is 5.73 Å². The van der Waals surface area contributed by atoms with Gasteiger partial charge in [0.05, 0.1) is 13.2 Å². The van der Waals surface area contributed by atoms with Crippen molar-refractivity contribution in [3.05, 3.63) is 29.8 Å². The normalized spacial score (nSPS) is 19.5. The molecular weight excluding hydrogens is 220 g/mol.